The molecule has 0 aromatic carbocycles. The summed E-state index contributed by atoms with van der Waals surface area (Å²) in [6.45, 7) is 2.14. The molecule has 0 saturated heterocycles. The minimum absolute atomic E-state index is 0.392. The van der Waals surface area contributed by atoms with E-state index >= 15 is 0 Å². The number of hydrogen-bond acceptors (Lipinski definition) is 3. The molecule has 0 saturated carbocycles. The Morgan fingerprint density at radius 2 is 2.14 bits per heavy atom. The molecule has 0 fully saturated rings. The Labute approximate surface area is 85.0 Å². The molecule has 2 N–H and O–H groups in total. The smallest absolute Gasteiger partial charge is 0.422 e. The Morgan fingerprint density at radius 3 is 2.79 bits per heavy atom. The van der Waals surface area contributed by atoms with E-state index in [0.717, 1.165) is 31.2 Å². The lowest BCUT2D eigenvalue weighted by Crippen LogP contribution is -2.35. The Bertz CT molecular complexity index is 279. The molecule has 0 aliphatic carbocycles. The zero-order valence-electron chi connectivity index (χ0n) is 8.48. The Hall–Kier alpha value is -0.865. The van der Waals surface area contributed by atoms with Crippen molar-refractivity contribution in [2.45, 2.75) is 32.6 Å². The predicted octanol–water partition coefficient (Wildman–Crippen LogP) is 0.494. The molecule has 0 amide bonds. The van der Waals surface area contributed by atoms with E-state index in [1.165, 1.54) is 0 Å². The third kappa shape index (κ3) is 3.12. The second-order valence-corrected chi connectivity index (χ2v) is 3.38. The standard InChI is InChI=1S/C10H16BNO2/c1-2-3-4-6-9-7-5-8-12-10(9)11(13)14/h5,7-8,13-14H,2-4,6H2,1H3. The summed E-state index contributed by atoms with van der Waals surface area (Å²) in [6.07, 6.45) is 5.85. The lowest BCUT2D eigenvalue weighted by Gasteiger charge is -2.06. The molecule has 0 bridgehead atoms. The van der Waals surface area contributed by atoms with E-state index in [9.17, 15) is 0 Å². The van der Waals surface area contributed by atoms with Crippen LogP contribution in [0.25, 0.3) is 0 Å². The van der Waals surface area contributed by atoms with E-state index < -0.39 is 7.12 Å². The fraction of sp³-hybridized carbons (Fsp3) is 0.500. The van der Waals surface area contributed by atoms with Crippen LogP contribution in [0.15, 0.2) is 18.3 Å². The molecule has 1 aromatic rings. The molecular formula is C10H16BNO2. The third-order valence-corrected chi connectivity index (χ3v) is 2.22. The molecule has 0 aliphatic heterocycles. The first-order valence-corrected chi connectivity index (χ1v) is 5.05. The zero-order valence-corrected chi connectivity index (χ0v) is 8.48. The second kappa shape index (κ2) is 5.78. The average molecular weight is 193 g/mol. The van der Waals surface area contributed by atoms with Crippen LogP contribution in [0.1, 0.15) is 31.7 Å². The van der Waals surface area contributed by atoms with Gasteiger partial charge < -0.3 is 10.0 Å². The lowest BCUT2D eigenvalue weighted by molar-refractivity contribution is 0.423. The largest absolute Gasteiger partial charge is 0.508 e. The fourth-order valence-corrected chi connectivity index (χ4v) is 1.46. The average Bonchev–Trinajstić information content (AvgIpc) is 2.19. The maximum atomic E-state index is 9.05. The lowest BCUT2D eigenvalue weighted by atomic mass is 9.81. The van der Waals surface area contributed by atoms with Crippen LogP contribution in [0, 0.1) is 0 Å². The van der Waals surface area contributed by atoms with Crippen molar-refractivity contribution in [3.63, 3.8) is 0 Å². The first kappa shape index (κ1) is 11.2. The summed E-state index contributed by atoms with van der Waals surface area (Å²) in [7, 11) is -1.45. The summed E-state index contributed by atoms with van der Waals surface area (Å²) < 4.78 is 0. The van der Waals surface area contributed by atoms with Crippen molar-refractivity contribution in [1.29, 1.82) is 0 Å². The van der Waals surface area contributed by atoms with Crippen molar-refractivity contribution in [3.8, 4) is 0 Å². The third-order valence-electron chi connectivity index (χ3n) is 2.22. The van der Waals surface area contributed by atoms with Gasteiger partial charge in [0, 0.05) is 6.20 Å². The van der Waals surface area contributed by atoms with Gasteiger partial charge in [-0.2, -0.15) is 0 Å². The molecule has 0 aliphatic rings. The molecular weight excluding hydrogens is 177 g/mol. The van der Waals surface area contributed by atoms with Gasteiger partial charge in [-0.3, -0.25) is 4.98 Å². The molecule has 4 heteroatoms. The monoisotopic (exact) mass is 193 g/mol. The SMILES string of the molecule is CCCCCc1cccnc1B(O)O. The summed E-state index contributed by atoms with van der Waals surface area (Å²) >= 11 is 0. The Balaban J connectivity index is 2.64. The number of aryl methyl sites for hydroxylation is 1. The highest BCUT2D eigenvalue weighted by Gasteiger charge is 2.16. The van der Waals surface area contributed by atoms with Gasteiger partial charge in [-0.1, -0.05) is 25.8 Å². The van der Waals surface area contributed by atoms with Crippen LogP contribution in [0.4, 0.5) is 0 Å². The van der Waals surface area contributed by atoms with Crippen LogP contribution in [0.5, 0.6) is 0 Å². The minimum atomic E-state index is -1.45. The number of aromatic nitrogens is 1. The number of pyridine rings is 1. The topological polar surface area (TPSA) is 53.4 Å². The molecule has 1 aromatic heterocycles. The first-order chi connectivity index (χ1) is 6.75. The molecule has 3 nitrogen and oxygen atoms in total. The molecule has 0 radical (unpaired) electrons. The van der Waals surface area contributed by atoms with Gasteiger partial charge in [0.15, 0.2) is 0 Å². The van der Waals surface area contributed by atoms with E-state index in [2.05, 4.69) is 11.9 Å². The van der Waals surface area contributed by atoms with Gasteiger partial charge in [0.05, 0.1) is 5.59 Å². The van der Waals surface area contributed by atoms with Crippen molar-refractivity contribution >= 4 is 12.7 Å². The van der Waals surface area contributed by atoms with Crippen LogP contribution in [0.3, 0.4) is 0 Å². The van der Waals surface area contributed by atoms with E-state index in [1.54, 1.807) is 6.20 Å². The molecule has 0 atom stereocenters. The maximum Gasteiger partial charge on any atom is 0.508 e. The van der Waals surface area contributed by atoms with Crippen molar-refractivity contribution in [3.05, 3.63) is 23.9 Å². The summed E-state index contributed by atoms with van der Waals surface area (Å²) in [5.41, 5.74) is 1.33. The summed E-state index contributed by atoms with van der Waals surface area (Å²) in [5.74, 6) is 0. The maximum absolute atomic E-state index is 9.05. The van der Waals surface area contributed by atoms with E-state index in [1.807, 2.05) is 12.1 Å². The molecule has 0 unspecified atom stereocenters. The van der Waals surface area contributed by atoms with Crippen LogP contribution in [-0.4, -0.2) is 22.2 Å². The van der Waals surface area contributed by atoms with E-state index in [0.29, 0.717) is 5.59 Å². The zero-order chi connectivity index (χ0) is 10.4. The normalized spacial score (nSPS) is 10.2. The minimum Gasteiger partial charge on any atom is -0.422 e. The molecule has 0 spiro atoms. The van der Waals surface area contributed by atoms with Crippen molar-refractivity contribution < 1.29 is 10.0 Å². The number of hydrogen-bond donors (Lipinski definition) is 2. The van der Waals surface area contributed by atoms with Gasteiger partial charge in [0.2, 0.25) is 0 Å². The highest BCUT2D eigenvalue weighted by Crippen LogP contribution is 2.03. The molecule has 1 heterocycles. The van der Waals surface area contributed by atoms with E-state index in [-0.39, 0.29) is 0 Å². The Kier molecular flexibility index (Phi) is 4.63. The molecule has 14 heavy (non-hydrogen) atoms. The highest BCUT2D eigenvalue weighted by molar-refractivity contribution is 6.58. The molecule has 76 valence electrons. The van der Waals surface area contributed by atoms with Crippen LogP contribution >= 0.6 is 0 Å². The van der Waals surface area contributed by atoms with Gasteiger partial charge >= 0.3 is 7.12 Å². The fourth-order valence-electron chi connectivity index (χ4n) is 1.46. The summed E-state index contributed by atoms with van der Waals surface area (Å²) in [6, 6.07) is 3.73. The summed E-state index contributed by atoms with van der Waals surface area (Å²) in [5, 5.41) is 18.1. The predicted molar refractivity (Wildman–Crippen MR) is 57.3 cm³/mol. The van der Waals surface area contributed by atoms with Crippen LogP contribution < -0.4 is 5.59 Å². The van der Waals surface area contributed by atoms with Gasteiger partial charge in [-0.25, -0.2) is 0 Å². The van der Waals surface area contributed by atoms with E-state index in [4.69, 9.17) is 10.0 Å². The van der Waals surface area contributed by atoms with Gasteiger partial charge in [-0.05, 0) is 24.5 Å². The van der Waals surface area contributed by atoms with Crippen molar-refractivity contribution in [2.24, 2.45) is 0 Å². The summed E-state index contributed by atoms with van der Waals surface area (Å²) in [4.78, 5) is 3.96. The quantitative estimate of drug-likeness (QED) is 0.528. The number of unbranched alkanes of at least 4 members (excludes halogenated alkanes) is 2. The van der Waals surface area contributed by atoms with Crippen LogP contribution in [-0.2, 0) is 6.42 Å². The van der Waals surface area contributed by atoms with Crippen molar-refractivity contribution in [1.82, 2.24) is 4.98 Å². The highest BCUT2D eigenvalue weighted by atomic mass is 16.4. The van der Waals surface area contributed by atoms with Crippen LogP contribution in [0.2, 0.25) is 0 Å². The Morgan fingerprint density at radius 1 is 1.36 bits per heavy atom. The number of nitrogens with zero attached hydrogens (tertiary/aromatic N) is 1. The second-order valence-electron chi connectivity index (χ2n) is 3.38. The number of rotatable bonds is 5. The van der Waals surface area contributed by atoms with Crippen molar-refractivity contribution in [2.75, 3.05) is 0 Å². The first-order valence-electron chi connectivity index (χ1n) is 5.05. The molecule has 1 rings (SSSR count). The van der Waals surface area contributed by atoms with Gasteiger partial charge in [0.25, 0.3) is 0 Å². The van der Waals surface area contributed by atoms with Gasteiger partial charge in [0.1, 0.15) is 0 Å². The van der Waals surface area contributed by atoms with Gasteiger partial charge in [-0.15, -0.1) is 0 Å².